The summed E-state index contributed by atoms with van der Waals surface area (Å²) >= 11 is 0. The molecule has 0 bridgehead atoms. The van der Waals surface area contributed by atoms with E-state index >= 15 is 0 Å². The summed E-state index contributed by atoms with van der Waals surface area (Å²) in [4.78, 5) is 24.2. The number of ketones is 1. The van der Waals surface area contributed by atoms with E-state index in [0.717, 1.165) is 23.3 Å². The molecule has 0 aliphatic heterocycles. The third kappa shape index (κ3) is 5.95. The van der Waals surface area contributed by atoms with Crippen LogP contribution < -0.4 is 9.47 Å². The molecule has 28 heavy (non-hydrogen) atoms. The number of esters is 1. The molecular weight excluding hydrogens is 352 g/mol. The maximum atomic E-state index is 12.5. The van der Waals surface area contributed by atoms with Gasteiger partial charge in [-0.1, -0.05) is 19.1 Å². The molecule has 0 fully saturated rings. The van der Waals surface area contributed by atoms with Crippen molar-refractivity contribution in [3.63, 3.8) is 0 Å². The molecule has 2 aromatic rings. The highest BCUT2D eigenvalue weighted by Crippen LogP contribution is 2.27. The van der Waals surface area contributed by atoms with Crippen LogP contribution in [0.1, 0.15) is 61.5 Å². The van der Waals surface area contributed by atoms with Crippen molar-refractivity contribution in [2.24, 2.45) is 5.41 Å². The highest BCUT2D eigenvalue weighted by Gasteiger charge is 2.29. The lowest BCUT2D eigenvalue weighted by atomic mass is 9.88. The lowest BCUT2D eigenvalue weighted by Gasteiger charge is -2.22. The molecule has 0 atom stereocenters. The van der Waals surface area contributed by atoms with E-state index < -0.39 is 5.41 Å². The molecule has 0 aliphatic carbocycles. The third-order valence-electron chi connectivity index (χ3n) is 4.81. The van der Waals surface area contributed by atoms with Crippen molar-refractivity contribution in [2.45, 2.75) is 53.9 Å². The predicted octanol–water partition coefficient (Wildman–Crippen LogP) is 5.69. The Labute approximate surface area is 167 Å². The summed E-state index contributed by atoms with van der Waals surface area (Å²) in [6.45, 7) is 10.2. The second-order valence-corrected chi connectivity index (χ2v) is 7.80. The average molecular weight is 383 g/mol. The van der Waals surface area contributed by atoms with Crippen LogP contribution in [0.2, 0.25) is 0 Å². The summed E-state index contributed by atoms with van der Waals surface area (Å²) in [7, 11) is 0. The first-order valence-corrected chi connectivity index (χ1v) is 9.78. The molecule has 0 saturated heterocycles. The SMILES string of the molecule is CCC(=O)c1ccc(OC(=O)C(C)(C)CCCOc2cc(C)ccc2C)cc1. The Kier molecular flexibility index (Phi) is 7.38. The van der Waals surface area contributed by atoms with Gasteiger partial charge in [0.25, 0.3) is 0 Å². The Morgan fingerprint density at radius 2 is 1.68 bits per heavy atom. The van der Waals surface area contributed by atoms with Gasteiger partial charge in [0.1, 0.15) is 11.5 Å². The molecule has 2 aromatic carbocycles. The highest BCUT2D eigenvalue weighted by molar-refractivity contribution is 5.96. The van der Waals surface area contributed by atoms with Gasteiger partial charge in [0.05, 0.1) is 12.0 Å². The Morgan fingerprint density at radius 1 is 1.00 bits per heavy atom. The van der Waals surface area contributed by atoms with E-state index in [-0.39, 0.29) is 11.8 Å². The van der Waals surface area contributed by atoms with E-state index in [1.165, 1.54) is 0 Å². The molecule has 4 nitrogen and oxygen atoms in total. The fourth-order valence-corrected chi connectivity index (χ4v) is 2.82. The van der Waals surface area contributed by atoms with Crippen LogP contribution in [0, 0.1) is 19.3 Å². The summed E-state index contributed by atoms with van der Waals surface area (Å²) in [6.07, 6.45) is 1.86. The molecule has 0 aromatic heterocycles. The van der Waals surface area contributed by atoms with Crippen LogP contribution in [-0.2, 0) is 4.79 Å². The van der Waals surface area contributed by atoms with Crippen LogP contribution >= 0.6 is 0 Å². The fourth-order valence-electron chi connectivity index (χ4n) is 2.82. The van der Waals surface area contributed by atoms with Gasteiger partial charge >= 0.3 is 5.97 Å². The monoisotopic (exact) mass is 382 g/mol. The van der Waals surface area contributed by atoms with E-state index in [1.807, 2.05) is 46.8 Å². The number of hydrogen-bond donors (Lipinski definition) is 0. The molecule has 0 saturated carbocycles. The molecule has 0 unspecified atom stereocenters. The van der Waals surface area contributed by atoms with Crippen molar-refractivity contribution in [1.29, 1.82) is 0 Å². The first kappa shape index (κ1) is 21.7. The minimum Gasteiger partial charge on any atom is -0.493 e. The van der Waals surface area contributed by atoms with Gasteiger partial charge in [0.15, 0.2) is 5.78 Å². The van der Waals surface area contributed by atoms with Crippen molar-refractivity contribution in [3.05, 3.63) is 59.2 Å². The smallest absolute Gasteiger partial charge is 0.316 e. The Balaban J connectivity index is 1.85. The van der Waals surface area contributed by atoms with Gasteiger partial charge in [-0.15, -0.1) is 0 Å². The molecule has 0 radical (unpaired) electrons. The zero-order valence-electron chi connectivity index (χ0n) is 17.5. The van der Waals surface area contributed by atoms with Crippen LogP contribution in [0.3, 0.4) is 0 Å². The number of hydrogen-bond acceptors (Lipinski definition) is 4. The second-order valence-electron chi connectivity index (χ2n) is 7.80. The fraction of sp³-hybridized carbons (Fsp3) is 0.417. The number of Topliss-reactive ketones (excluding diaryl/α,β-unsaturated/α-hetero) is 1. The van der Waals surface area contributed by atoms with Gasteiger partial charge in [-0.3, -0.25) is 9.59 Å². The summed E-state index contributed by atoms with van der Waals surface area (Å²) in [6, 6.07) is 12.9. The zero-order chi connectivity index (χ0) is 20.7. The van der Waals surface area contributed by atoms with Gasteiger partial charge in [0.2, 0.25) is 0 Å². The number of rotatable bonds is 9. The largest absolute Gasteiger partial charge is 0.493 e. The van der Waals surface area contributed by atoms with Gasteiger partial charge in [0, 0.05) is 12.0 Å². The predicted molar refractivity (Wildman–Crippen MR) is 111 cm³/mol. The lowest BCUT2D eigenvalue weighted by Crippen LogP contribution is -2.29. The van der Waals surface area contributed by atoms with Crippen molar-refractivity contribution < 1.29 is 19.1 Å². The maximum absolute atomic E-state index is 12.5. The van der Waals surface area contributed by atoms with Crippen molar-refractivity contribution in [1.82, 2.24) is 0 Å². The first-order chi connectivity index (χ1) is 13.2. The Morgan fingerprint density at radius 3 is 2.32 bits per heavy atom. The number of carbonyl (C=O) groups excluding carboxylic acids is 2. The minimum absolute atomic E-state index is 0.0713. The summed E-state index contributed by atoms with van der Waals surface area (Å²) in [5.41, 5.74) is 2.28. The van der Waals surface area contributed by atoms with Gasteiger partial charge in [-0.05, 0) is 82.0 Å². The molecule has 0 N–H and O–H groups in total. The van der Waals surface area contributed by atoms with Gasteiger partial charge in [-0.25, -0.2) is 0 Å². The van der Waals surface area contributed by atoms with Crippen molar-refractivity contribution in [3.8, 4) is 11.5 Å². The number of aryl methyl sites for hydroxylation is 2. The van der Waals surface area contributed by atoms with E-state index in [9.17, 15) is 9.59 Å². The third-order valence-corrected chi connectivity index (χ3v) is 4.81. The minimum atomic E-state index is -0.622. The van der Waals surface area contributed by atoms with Crippen LogP contribution in [0.15, 0.2) is 42.5 Å². The van der Waals surface area contributed by atoms with Crippen LogP contribution in [0.5, 0.6) is 11.5 Å². The standard InChI is InChI=1S/C24H30O4/c1-6-21(25)19-10-12-20(13-11-19)28-23(26)24(4,5)14-7-15-27-22-16-17(2)8-9-18(22)3/h8-13,16H,6-7,14-15H2,1-5H3. The Hall–Kier alpha value is -2.62. The van der Waals surface area contributed by atoms with Crippen LogP contribution in [0.25, 0.3) is 0 Å². The average Bonchev–Trinajstić information content (AvgIpc) is 2.67. The Bertz CT molecular complexity index is 819. The summed E-state index contributed by atoms with van der Waals surface area (Å²) in [5, 5.41) is 0. The van der Waals surface area contributed by atoms with Crippen molar-refractivity contribution >= 4 is 11.8 Å². The molecule has 150 valence electrons. The quantitative estimate of drug-likeness (QED) is 0.242. The van der Waals surface area contributed by atoms with E-state index in [4.69, 9.17) is 9.47 Å². The van der Waals surface area contributed by atoms with E-state index in [2.05, 4.69) is 6.07 Å². The normalized spacial score (nSPS) is 11.2. The number of ether oxygens (including phenoxy) is 2. The molecule has 4 heteroatoms. The van der Waals surface area contributed by atoms with Crippen LogP contribution in [0.4, 0.5) is 0 Å². The zero-order valence-corrected chi connectivity index (χ0v) is 17.5. The topological polar surface area (TPSA) is 52.6 Å². The van der Waals surface area contributed by atoms with Crippen molar-refractivity contribution in [2.75, 3.05) is 6.61 Å². The van der Waals surface area contributed by atoms with E-state index in [0.29, 0.717) is 30.8 Å². The summed E-state index contributed by atoms with van der Waals surface area (Å²) < 4.78 is 11.4. The van der Waals surface area contributed by atoms with Gasteiger partial charge < -0.3 is 9.47 Å². The second kappa shape index (κ2) is 9.54. The lowest BCUT2D eigenvalue weighted by molar-refractivity contribution is -0.144. The van der Waals surface area contributed by atoms with Gasteiger partial charge in [-0.2, -0.15) is 0 Å². The van der Waals surface area contributed by atoms with E-state index in [1.54, 1.807) is 24.3 Å². The number of carbonyl (C=O) groups is 2. The molecule has 0 spiro atoms. The molecular formula is C24H30O4. The maximum Gasteiger partial charge on any atom is 0.316 e. The highest BCUT2D eigenvalue weighted by atomic mass is 16.5. The number of benzene rings is 2. The summed E-state index contributed by atoms with van der Waals surface area (Å²) in [5.74, 6) is 1.13. The molecule has 2 rings (SSSR count). The molecule has 0 amide bonds. The molecule has 0 heterocycles. The molecule has 0 aliphatic rings. The first-order valence-electron chi connectivity index (χ1n) is 9.78. The van der Waals surface area contributed by atoms with Crippen LogP contribution in [-0.4, -0.2) is 18.4 Å².